The van der Waals surface area contributed by atoms with Gasteiger partial charge in [-0.05, 0) is 19.6 Å². The molecule has 2 nitrogen and oxygen atoms in total. The van der Waals surface area contributed by atoms with E-state index < -0.39 is 0 Å². The maximum atomic E-state index is 8.49. The van der Waals surface area contributed by atoms with Gasteiger partial charge in [-0.2, -0.15) is 17.0 Å². The lowest BCUT2D eigenvalue weighted by atomic mass is 10.3. The first-order valence-electron chi connectivity index (χ1n) is 4.91. The Kier molecular flexibility index (Phi) is 8.27. The van der Waals surface area contributed by atoms with Crippen molar-refractivity contribution in [1.82, 2.24) is 4.90 Å². The Bertz CT molecular complexity index is 151. The third kappa shape index (κ3) is 6.92. The third-order valence-electron chi connectivity index (χ3n) is 1.97. The molecular weight excluding hydrogens is 180 g/mol. The van der Waals surface area contributed by atoms with Crippen LogP contribution in [0.3, 0.4) is 0 Å². The van der Waals surface area contributed by atoms with Crippen molar-refractivity contribution in [3.63, 3.8) is 0 Å². The Morgan fingerprint density at radius 3 is 2.54 bits per heavy atom. The first kappa shape index (κ1) is 12.8. The molecule has 0 heterocycles. The maximum Gasteiger partial charge on any atom is 0.0635 e. The van der Waals surface area contributed by atoms with Crippen LogP contribution in [0.5, 0.6) is 0 Å². The number of nitriles is 1. The Balaban J connectivity index is 3.62. The number of hydrogen-bond donors (Lipinski definition) is 0. The minimum Gasteiger partial charge on any atom is -0.299 e. The maximum absolute atomic E-state index is 8.49. The number of nitrogens with zero attached hydrogens (tertiary/aromatic N) is 2. The van der Waals surface area contributed by atoms with Gasteiger partial charge in [-0.25, -0.2) is 0 Å². The molecule has 0 aliphatic heterocycles. The zero-order chi connectivity index (χ0) is 10.1. The molecule has 0 atom stereocenters. The van der Waals surface area contributed by atoms with Gasteiger partial charge in [0.1, 0.15) is 0 Å². The summed E-state index contributed by atoms with van der Waals surface area (Å²) in [6.45, 7) is 8.58. The van der Waals surface area contributed by atoms with E-state index in [2.05, 4.69) is 31.7 Å². The highest BCUT2D eigenvalue weighted by Crippen LogP contribution is 2.04. The third-order valence-corrected chi connectivity index (χ3v) is 2.85. The van der Waals surface area contributed by atoms with E-state index in [-0.39, 0.29) is 0 Å². The minimum atomic E-state index is 0.561. The molecule has 0 bridgehead atoms. The van der Waals surface area contributed by atoms with Crippen molar-refractivity contribution in [2.45, 2.75) is 33.2 Å². The standard InChI is InChI=1S/C10H20N2S/c1-4-13-9-8-12(10(2)3)7-5-6-11/h10H,4-5,7-9H2,1-3H3. The average Bonchev–Trinajstić information content (AvgIpc) is 2.10. The molecule has 76 valence electrons. The van der Waals surface area contributed by atoms with E-state index in [1.54, 1.807) is 0 Å². The molecule has 13 heavy (non-hydrogen) atoms. The normalized spacial score (nSPS) is 10.8. The molecule has 0 N–H and O–H groups in total. The van der Waals surface area contributed by atoms with Crippen LogP contribution in [0.25, 0.3) is 0 Å². The quantitative estimate of drug-likeness (QED) is 0.590. The van der Waals surface area contributed by atoms with E-state index in [1.807, 2.05) is 11.8 Å². The molecule has 0 aromatic heterocycles. The van der Waals surface area contributed by atoms with Crippen molar-refractivity contribution in [1.29, 1.82) is 5.26 Å². The fourth-order valence-corrected chi connectivity index (χ4v) is 1.80. The summed E-state index contributed by atoms with van der Waals surface area (Å²) in [7, 11) is 0. The smallest absolute Gasteiger partial charge is 0.0635 e. The van der Waals surface area contributed by atoms with Gasteiger partial charge >= 0.3 is 0 Å². The fraction of sp³-hybridized carbons (Fsp3) is 0.900. The monoisotopic (exact) mass is 200 g/mol. The Morgan fingerprint density at radius 2 is 2.08 bits per heavy atom. The van der Waals surface area contributed by atoms with Gasteiger partial charge in [0, 0.05) is 31.3 Å². The number of thioether (sulfide) groups is 1. The van der Waals surface area contributed by atoms with Crippen LogP contribution in [-0.4, -0.2) is 35.5 Å². The summed E-state index contributed by atoms with van der Waals surface area (Å²) in [5.41, 5.74) is 0. The summed E-state index contributed by atoms with van der Waals surface area (Å²) in [6, 6.07) is 2.76. The first-order valence-corrected chi connectivity index (χ1v) is 6.06. The topological polar surface area (TPSA) is 27.0 Å². The van der Waals surface area contributed by atoms with E-state index in [0.29, 0.717) is 12.5 Å². The molecule has 0 aromatic carbocycles. The van der Waals surface area contributed by atoms with Crippen molar-refractivity contribution in [2.75, 3.05) is 24.6 Å². The lowest BCUT2D eigenvalue weighted by Gasteiger charge is -2.24. The summed E-state index contributed by atoms with van der Waals surface area (Å²) in [5, 5.41) is 8.49. The number of hydrogen-bond acceptors (Lipinski definition) is 3. The van der Waals surface area contributed by atoms with Gasteiger partial charge in [-0.1, -0.05) is 6.92 Å². The zero-order valence-electron chi connectivity index (χ0n) is 8.92. The average molecular weight is 200 g/mol. The van der Waals surface area contributed by atoms with E-state index in [9.17, 15) is 0 Å². The summed E-state index contributed by atoms with van der Waals surface area (Å²) < 4.78 is 0. The lowest BCUT2D eigenvalue weighted by Crippen LogP contribution is -2.33. The van der Waals surface area contributed by atoms with Crippen LogP contribution in [-0.2, 0) is 0 Å². The van der Waals surface area contributed by atoms with Crippen LogP contribution >= 0.6 is 11.8 Å². The van der Waals surface area contributed by atoms with Crippen molar-refractivity contribution in [3.8, 4) is 6.07 Å². The van der Waals surface area contributed by atoms with Crippen molar-refractivity contribution < 1.29 is 0 Å². The highest BCUT2D eigenvalue weighted by Gasteiger charge is 2.07. The Morgan fingerprint density at radius 1 is 1.38 bits per heavy atom. The van der Waals surface area contributed by atoms with E-state index in [4.69, 9.17) is 5.26 Å². The Hall–Kier alpha value is -0.200. The first-order chi connectivity index (χ1) is 6.22. The van der Waals surface area contributed by atoms with Crippen LogP contribution in [0.4, 0.5) is 0 Å². The molecule has 0 spiro atoms. The SMILES string of the molecule is CCSCCN(CCC#N)C(C)C. The van der Waals surface area contributed by atoms with Gasteiger partial charge in [0.15, 0.2) is 0 Å². The number of rotatable bonds is 7. The molecule has 0 aliphatic carbocycles. The van der Waals surface area contributed by atoms with Crippen LogP contribution in [0.1, 0.15) is 27.2 Å². The zero-order valence-corrected chi connectivity index (χ0v) is 9.73. The molecule has 0 fully saturated rings. The predicted octanol–water partition coefficient (Wildman–Crippen LogP) is 2.36. The van der Waals surface area contributed by atoms with E-state index >= 15 is 0 Å². The van der Waals surface area contributed by atoms with E-state index in [0.717, 1.165) is 13.1 Å². The van der Waals surface area contributed by atoms with Gasteiger partial charge < -0.3 is 0 Å². The molecule has 0 aliphatic rings. The second kappa shape index (κ2) is 8.40. The summed E-state index contributed by atoms with van der Waals surface area (Å²) >= 11 is 1.96. The second-order valence-electron chi connectivity index (χ2n) is 3.23. The molecule has 0 radical (unpaired) electrons. The molecule has 0 saturated heterocycles. The summed E-state index contributed by atoms with van der Waals surface area (Å²) in [5.74, 6) is 2.37. The van der Waals surface area contributed by atoms with Gasteiger partial charge in [0.2, 0.25) is 0 Å². The van der Waals surface area contributed by atoms with Gasteiger partial charge in [-0.15, -0.1) is 0 Å². The Labute approximate surface area is 86.3 Å². The lowest BCUT2D eigenvalue weighted by molar-refractivity contribution is 0.241. The van der Waals surface area contributed by atoms with Crippen LogP contribution in [0.15, 0.2) is 0 Å². The largest absolute Gasteiger partial charge is 0.299 e. The van der Waals surface area contributed by atoms with Gasteiger partial charge in [-0.3, -0.25) is 4.90 Å². The fourth-order valence-electron chi connectivity index (χ4n) is 1.15. The minimum absolute atomic E-state index is 0.561. The van der Waals surface area contributed by atoms with E-state index in [1.165, 1.54) is 11.5 Å². The molecule has 0 unspecified atom stereocenters. The van der Waals surface area contributed by atoms with Gasteiger partial charge in [0.05, 0.1) is 6.07 Å². The molecular formula is C10H20N2S. The van der Waals surface area contributed by atoms with Gasteiger partial charge in [0.25, 0.3) is 0 Å². The van der Waals surface area contributed by atoms with Crippen LogP contribution in [0, 0.1) is 11.3 Å². The molecule has 0 amide bonds. The van der Waals surface area contributed by atoms with Crippen molar-refractivity contribution in [2.24, 2.45) is 0 Å². The van der Waals surface area contributed by atoms with Crippen LogP contribution < -0.4 is 0 Å². The highest BCUT2D eigenvalue weighted by atomic mass is 32.2. The highest BCUT2D eigenvalue weighted by molar-refractivity contribution is 7.99. The van der Waals surface area contributed by atoms with Crippen molar-refractivity contribution in [3.05, 3.63) is 0 Å². The summed E-state index contributed by atoms with van der Waals surface area (Å²) in [4.78, 5) is 2.37. The van der Waals surface area contributed by atoms with Crippen LogP contribution in [0.2, 0.25) is 0 Å². The molecule has 0 aromatic rings. The second-order valence-corrected chi connectivity index (χ2v) is 4.63. The molecule has 3 heteroatoms. The molecule has 0 rings (SSSR count). The summed E-state index contributed by atoms with van der Waals surface area (Å²) in [6.07, 6.45) is 0.648. The predicted molar refractivity (Wildman–Crippen MR) is 59.9 cm³/mol. The van der Waals surface area contributed by atoms with Crippen molar-refractivity contribution >= 4 is 11.8 Å². The molecule has 0 saturated carbocycles.